The number of likely N-dealkylation sites (tertiary alicyclic amines) is 1. The molecule has 2 unspecified atom stereocenters. The average molecular weight is 554 g/mol. The van der Waals surface area contributed by atoms with Gasteiger partial charge in [0.25, 0.3) is 0 Å². The maximum absolute atomic E-state index is 13.9. The van der Waals surface area contributed by atoms with E-state index in [2.05, 4.69) is 11.8 Å². The maximum atomic E-state index is 13.9. The highest BCUT2D eigenvalue weighted by Gasteiger charge is 2.69. The molecule has 1 saturated heterocycles. The van der Waals surface area contributed by atoms with Crippen molar-refractivity contribution < 1.29 is 39.0 Å². The zero-order chi connectivity index (χ0) is 29.3. The third kappa shape index (κ3) is 4.13. The van der Waals surface area contributed by atoms with Crippen LogP contribution in [0.5, 0.6) is 5.75 Å². The van der Waals surface area contributed by atoms with Crippen molar-refractivity contribution >= 4 is 34.8 Å². The van der Waals surface area contributed by atoms with Crippen LogP contribution in [0.1, 0.15) is 52.5 Å². The van der Waals surface area contributed by atoms with Gasteiger partial charge in [-0.15, -0.1) is 0 Å². The number of likely N-dealkylation sites (N-methyl/N-ethyl adjacent to an activating group) is 1. The second-order valence-electron chi connectivity index (χ2n) is 12.2. The summed E-state index contributed by atoms with van der Waals surface area (Å²) in [7, 11) is 3.07. The minimum Gasteiger partial charge on any atom is -0.507 e. The predicted octanol–water partition coefficient (Wildman–Crippen LogP) is -0.218. The lowest BCUT2D eigenvalue weighted by atomic mass is 9.52. The van der Waals surface area contributed by atoms with E-state index in [1.165, 1.54) is 31.1 Å². The van der Waals surface area contributed by atoms with Gasteiger partial charge in [0.1, 0.15) is 5.75 Å². The van der Waals surface area contributed by atoms with Crippen molar-refractivity contribution in [1.82, 2.24) is 9.80 Å². The molecule has 1 aromatic rings. The molecule has 0 aromatic heterocycles. The summed E-state index contributed by atoms with van der Waals surface area (Å²) in [6.45, 7) is 3.90. The van der Waals surface area contributed by atoms with Crippen molar-refractivity contribution in [3.8, 4) is 5.75 Å². The molecule has 4 N–H and O–H groups in total. The molecular weight excluding hydrogens is 518 g/mol. The second-order valence-corrected chi connectivity index (χ2v) is 12.2. The van der Waals surface area contributed by atoms with Gasteiger partial charge in [-0.25, -0.2) is 0 Å². The van der Waals surface area contributed by atoms with Gasteiger partial charge in [0.05, 0.1) is 24.1 Å². The topological polar surface area (TPSA) is 175 Å². The van der Waals surface area contributed by atoms with Crippen molar-refractivity contribution in [2.24, 2.45) is 35.3 Å². The van der Waals surface area contributed by atoms with Gasteiger partial charge in [-0.05, 0) is 82.4 Å². The molecule has 2 saturated carbocycles. The van der Waals surface area contributed by atoms with Crippen LogP contribution in [0.25, 0.3) is 0 Å². The monoisotopic (exact) mass is 553 g/mol. The molecule has 1 aromatic carbocycles. The number of rotatable bonds is 5. The Hall–Kier alpha value is -3.28. The Labute approximate surface area is 231 Å². The summed E-state index contributed by atoms with van der Waals surface area (Å²) >= 11 is 0. The lowest BCUT2D eigenvalue weighted by molar-refractivity contribution is -0.181. The molecule has 0 radical (unpaired) electrons. The van der Waals surface area contributed by atoms with E-state index in [0.29, 0.717) is 17.0 Å². The number of Topliss-reactive ketones (excluding diaryl/α,β-unsaturated/α-hetero) is 5. The van der Waals surface area contributed by atoms with Crippen molar-refractivity contribution in [2.75, 3.05) is 33.7 Å². The molecule has 1 heterocycles. The van der Waals surface area contributed by atoms with Crippen LogP contribution in [-0.2, 0) is 25.6 Å². The summed E-state index contributed by atoms with van der Waals surface area (Å²) in [5.41, 5.74) is 3.04. The van der Waals surface area contributed by atoms with E-state index in [0.717, 1.165) is 25.9 Å². The van der Waals surface area contributed by atoms with E-state index in [1.54, 1.807) is 0 Å². The van der Waals surface area contributed by atoms with E-state index in [1.807, 2.05) is 0 Å². The minimum atomic E-state index is -2.77. The van der Waals surface area contributed by atoms with Crippen LogP contribution in [0.15, 0.2) is 12.1 Å². The van der Waals surface area contributed by atoms with Crippen LogP contribution in [0.3, 0.4) is 0 Å². The fraction of sp³-hybridized carbons (Fsp3) is 0.586. The number of nitrogens with zero attached hydrogens (tertiary/aromatic N) is 2. The number of carbonyl (C=O) groups excluding carboxylic acids is 6. The van der Waals surface area contributed by atoms with E-state index in [-0.39, 0.29) is 30.7 Å². The number of hydrogen-bond acceptors (Lipinski definition) is 10. The Morgan fingerprint density at radius 1 is 1.10 bits per heavy atom. The summed E-state index contributed by atoms with van der Waals surface area (Å²) in [5.74, 6) is -10.7. The fourth-order valence-corrected chi connectivity index (χ4v) is 7.37. The number of carbonyl (C=O) groups is 6. The largest absolute Gasteiger partial charge is 0.507 e. The van der Waals surface area contributed by atoms with Gasteiger partial charge in [-0.1, -0.05) is 6.92 Å². The lowest BCUT2D eigenvalue weighted by Crippen LogP contribution is -2.74. The highest BCUT2D eigenvalue weighted by Crippen LogP contribution is 2.51. The number of hydrogen-bond donors (Lipinski definition) is 3. The Balaban J connectivity index is 1.54. The first-order valence-electron chi connectivity index (χ1n) is 13.7. The van der Waals surface area contributed by atoms with Crippen LogP contribution in [0.4, 0.5) is 0 Å². The molecule has 4 aliphatic rings. The zero-order valence-corrected chi connectivity index (χ0v) is 22.9. The van der Waals surface area contributed by atoms with E-state index >= 15 is 0 Å². The molecule has 0 bridgehead atoms. The second kappa shape index (κ2) is 9.97. The normalized spacial score (nSPS) is 33.0. The SMILES string of the molecule is CC1CCN(CC(=O)c2ccc(O)c3c2C[C@H]2C[C@H]4[C@H](N(C)C)C(=O)C(C(N)=O)C(=O)[C@@]4(O)C(=O)C2C3=O)CC1. The Morgan fingerprint density at radius 2 is 1.75 bits per heavy atom. The van der Waals surface area contributed by atoms with Crippen LogP contribution < -0.4 is 5.73 Å². The number of aliphatic hydroxyl groups is 1. The number of benzene rings is 1. The number of phenolic OH excluding ortho intramolecular Hbond substituents is 1. The highest BCUT2D eigenvalue weighted by molar-refractivity contribution is 6.32. The summed E-state index contributed by atoms with van der Waals surface area (Å²) in [5, 5.41) is 22.3. The van der Waals surface area contributed by atoms with Gasteiger partial charge in [0.15, 0.2) is 40.4 Å². The average Bonchev–Trinajstić information content (AvgIpc) is 2.87. The third-order valence-electron chi connectivity index (χ3n) is 9.49. The smallest absolute Gasteiger partial charge is 0.235 e. The first kappa shape index (κ1) is 28.3. The molecule has 3 fully saturated rings. The number of nitrogens with two attached hydrogens (primary N) is 1. The Morgan fingerprint density at radius 3 is 2.35 bits per heavy atom. The standard InChI is InChI=1S/C29H35N3O8/c1-13-6-8-32(9-7-13)12-19(34)15-4-5-18(33)21-16(15)10-14-11-17-23(31(2)3)25(36)22(28(30)39)27(38)29(17,40)26(37)20(14)24(21)35/h4-5,13-14,17,20,22-23,33,40H,6-12H2,1-3H3,(H2,30,39)/t14-,17-,20?,22?,23-,29-/m0/s1. The van der Waals surface area contributed by atoms with Crippen LogP contribution in [-0.4, -0.2) is 100 Å². The number of aromatic hydroxyl groups is 1. The molecule has 1 amide bonds. The first-order valence-corrected chi connectivity index (χ1v) is 13.7. The van der Waals surface area contributed by atoms with Crippen molar-refractivity contribution in [3.05, 3.63) is 28.8 Å². The summed E-state index contributed by atoms with van der Waals surface area (Å²) in [6, 6.07) is 1.57. The quantitative estimate of drug-likeness (QED) is 0.327. The van der Waals surface area contributed by atoms with Crippen LogP contribution >= 0.6 is 0 Å². The van der Waals surface area contributed by atoms with Crippen molar-refractivity contribution in [2.45, 2.75) is 44.2 Å². The number of primary amides is 1. The molecule has 5 rings (SSSR count). The van der Waals surface area contributed by atoms with Gasteiger partial charge in [-0.3, -0.25) is 38.6 Å². The molecule has 40 heavy (non-hydrogen) atoms. The van der Waals surface area contributed by atoms with Crippen LogP contribution in [0, 0.1) is 29.6 Å². The van der Waals surface area contributed by atoms with Crippen molar-refractivity contribution in [1.29, 1.82) is 0 Å². The molecule has 0 spiro atoms. The minimum absolute atomic E-state index is 0.0583. The third-order valence-corrected chi connectivity index (χ3v) is 9.49. The molecule has 3 aliphatic carbocycles. The van der Waals surface area contributed by atoms with E-state index < -0.39 is 70.1 Å². The Bertz CT molecular complexity index is 1330. The summed E-state index contributed by atoms with van der Waals surface area (Å²) in [4.78, 5) is 83.3. The fourth-order valence-electron chi connectivity index (χ4n) is 7.37. The van der Waals surface area contributed by atoms with Gasteiger partial charge in [0, 0.05) is 11.5 Å². The molecule has 6 atom stereocenters. The molecule has 214 valence electrons. The van der Waals surface area contributed by atoms with Gasteiger partial charge in [0.2, 0.25) is 5.91 Å². The van der Waals surface area contributed by atoms with Crippen LogP contribution in [0.2, 0.25) is 0 Å². The number of amides is 1. The molecule has 11 heteroatoms. The zero-order valence-electron chi connectivity index (χ0n) is 22.9. The molecule has 11 nitrogen and oxygen atoms in total. The van der Waals surface area contributed by atoms with Gasteiger partial charge in [-0.2, -0.15) is 0 Å². The van der Waals surface area contributed by atoms with Gasteiger partial charge < -0.3 is 15.9 Å². The maximum Gasteiger partial charge on any atom is 0.235 e. The lowest BCUT2D eigenvalue weighted by Gasteiger charge is -2.52. The first-order chi connectivity index (χ1) is 18.8. The Kier molecular flexibility index (Phi) is 7.04. The number of phenols is 1. The summed E-state index contributed by atoms with van der Waals surface area (Å²) in [6.07, 6.45) is 1.98. The number of ketones is 5. The summed E-state index contributed by atoms with van der Waals surface area (Å²) < 4.78 is 0. The predicted molar refractivity (Wildman–Crippen MR) is 141 cm³/mol. The van der Waals surface area contributed by atoms with Crippen molar-refractivity contribution in [3.63, 3.8) is 0 Å². The molecular formula is C29H35N3O8. The highest BCUT2D eigenvalue weighted by atomic mass is 16.3. The van der Waals surface area contributed by atoms with E-state index in [9.17, 15) is 39.0 Å². The number of fused-ring (bicyclic) bond motifs is 3. The number of piperidine rings is 1. The van der Waals surface area contributed by atoms with E-state index in [4.69, 9.17) is 5.73 Å². The van der Waals surface area contributed by atoms with Gasteiger partial charge >= 0.3 is 0 Å². The molecule has 1 aliphatic heterocycles.